The van der Waals surface area contributed by atoms with Gasteiger partial charge in [0.1, 0.15) is 0 Å². The van der Waals surface area contributed by atoms with Crippen LogP contribution < -0.4 is 5.32 Å². The molecular weight excluding hydrogens is 350 g/mol. The Morgan fingerprint density at radius 3 is 1.86 bits per heavy atom. The first-order valence-corrected chi connectivity index (χ1v) is 11.9. The van der Waals surface area contributed by atoms with Gasteiger partial charge in [0.05, 0.1) is 18.8 Å². The van der Waals surface area contributed by atoms with Gasteiger partial charge in [-0.05, 0) is 19.3 Å². The molecule has 28 heavy (non-hydrogen) atoms. The molecule has 4 heteroatoms. The maximum atomic E-state index is 11.8. The van der Waals surface area contributed by atoms with Gasteiger partial charge in [0.25, 0.3) is 0 Å². The van der Waals surface area contributed by atoms with E-state index in [1.807, 2.05) is 6.08 Å². The van der Waals surface area contributed by atoms with Crippen molar-refractivity contribution in [2.75, 3.05) is 6.61 Å². The molecule has 2 atom stereocenters. The highest BCUT2D eigenvalue weighted by molar-refractivity contribution is 5.76. The van der Waals surface area contributed by atoms with E-state index >= 15 is 0 Å². The van der Waals surface area contributed by atoms with E-state index in [-0.39, 0.29) is 12.5 Å². The Morgan fingerprint density at radius 2 is 1.32 bits per heavy atom. The molecule has 0 aromatic heterocycles. The fourth-order valence-electron chi connectivity index (χ4n) is 3.35. The third-order valence-corrected chi connectivity index (χ3v) is 5.27. The van der Waals surface area contributed by atoms with E-state index < -0.39 is 12.1 Å². The summed E-state index contributed by atoms with van der Waals surface area (Å²) >= 11 is 0. The van der Waals surface area contributed by atoms with Gasteiger partial charge in [-0.2, -0.15) is 0 Å². The molecule has 0 spiro atoms. The summed E-state index contributed by atoms with van der Waals surface area (Å²) in [5.41, 5.74) is 0. The van der Waals surface area contributed by atoms with Crippen molar-refractivity contribution in [3.63, 3.8) is 0 Å². The fraction of sp³-hybridized carbons (Fsp3) is 0.875. The van der Waals surface area contributed by atoms with E-state index in [1.165, 1.54) is 64.2 Å². The van der Waals surface area contributed by atoms with Crippen molar-refractivity contribution in [3.05, 3.63) is 12.2 Å². The summed E-state index contributed by atoms with van der Waals surface area (Å²) in [6, 6.07) is -0.609. The number of aliphatic hydroxyl groups is 2. The summed E-state index contributed by atoms with van der Waals surface area (Å²) in [7, 11) is 0. The molecule has 0 saturated carbocycles. The summed E-state index contributed by atoms with van der Waals surface area (Å²) < 4.78 is 0. The number of rotatable bonds is 20. The largest absolute Gasteiger partial charge is 0.394 e. The number of hydrogen-bond acceptors (Lipinski definition) is 3. The van der Waals surface area contributed by atoms with Crippen molar-refractivity contribution in [1.29, 1.82) is 0 Å². The molecule has 0 unspecified atom stereocenters. The van der Waals surface area contributed by atoms with Crippen LogP contribution in [0, 0.1) is 0 Å². The lowest BCUT2D eigenvalue weighted by molar-refractivity contribution is -0.123. The van der Waals surface area contributed by atoms with E-state index in [9.17, 15) is 15.0 Å². The first-order valence-electron chi connectivity index (χ1n) is 11.9. The van der Waals surface area contributed by atoms with Crippen LogP contribution in [-0.2, 0) is 4.79 Å². The maximum Gasteiger partial charge on any atom is 0.220 e. The summed E-state index contributed by atoms with van der Waals surface area (Å²) in [5, 5.41) is 22.3. The minimum absolute atomic E-state index is 0.0923. The molecule has 0 radical (unpaired) electrons. The predicted octanol–water partition coefficient (Wildman–Crippen LogP) is 5.66. The molecule has 0 aliphatic rings. The molecule has 0 heterocycles. The summed E-state index contributed by atoms with van der Waals surface area (Å²) in [4.78, 5) is 11.8. The molecule has 0 aromatic carbocycles. The highest BCUT2D eigenvalue weighted by Crippen LogP contribution is 2.12. The zero-order valence-corrected chi connectivity index (χ0v) is 18.6. The second kappa shape index (κ2) is 20.9. The van der Waals surface area contributed by atoms with Crippen LogP contribution in [0.5, 0.6) is 0 Å². The first kappa shape index (κ1) is 27.1. The molecule has 0 bridgehead atoms. The Hall–Kier alpha value is -0.870. The highest BCUT2D eigenvalue weighted by Gasteiger charge is 2.17. The topological polar surface area (TPSA) is 69.6 Å². The Kier molecular flexibility index (Phi) is 20.2. The second-order valence-electron chi connectivity index (χ2n) is 8.06. The SMILES string of the molecule is CCCCCCCCCCCCC/C=C/[C@H](O)[C@H](CO)NC(=O)CCCCC. The zero-order valence-electron chi connectivity index (χ0n) is 18.6. The first-order chi connectivity index (χ1) is 13.7. The highest BCUT2D eigenvalue weighted by atomic mass is 16.3. The number of aliphatic hydroxyl groups excluding tert-OH is 2. The number of carbonyl (C=O) groups is 1. The molecule has 166 valence electrons. The van der Waals surface area contributed by atoms with Crippen molar-refractivity contribution in [3.8, 4) is 0 Å². The number of unbranched alkanes of at least 4 members (excludes halogenated alkanes) is 13. The molecule has 4 nitrogen and oxygen atoms in total. The van der Waals surface area contributed by atoms with Gasteiger partial charge in [-0.15, -0.1) is 0 Å². The number of nitrogens with one attached hydrogen (secondary N) is 1. The molecule has 0 aromatic rings. The predicted molar refractivity (Wildman–Crippen MR) is 119 cm³/mol. The second-order valence-corrected chi connectivity index (χ2v) is 8.06. The molecule has 0 fully saturated rings. The van der Waals surface area contributed by atoms with E-state index in [2.05, 4.69) is 19.2 Å². The van der Waals surface area contributed by atoms with Gasteiger partial charge in [-0.3, -0.25) is 4.79 Å². The minimum Gasteiger partial charge on any atom is -0.394 e. The van der Waals surface area contributed by atoms with Crippen LogP contribution in [0.15, 0.2) is 12.2 Å². The van der Waals surface area contributed by atoms with Crippen molar-refractivity contribution in [1.82, 2.24) is 5.32 Å². The van der Waals surface area contributed by atoms with Gasteiger partial charge < -0.3 is 15.5 Å². The molecule has 1 amide bonds. The van der Waals surface area contributed by atoms with Gasteiger partial charge in [0, 0.05) is 6.42 Å². The molecule has 0 aliphatic heterocycles. The number of allylic oxidation sites excluding steroid dienone is 1. The maximum absolute atomic E-state index is 11.8. The zero-order chi connectivity index (χ0) is 20.9. The van der Waals surface area contributed by atoms with E-state index in [0.29, 0.717) is 6.42 Å². The normalized spacial score (nSPS) is 13.7. The third-order valence-electron chi connectivity index (χ3n) is 5.27. The van der Waals surface area contributed by atoms with Gasteiger partial charge in [0.15, 0.2) is 0 Å². The average molecular weight is 398 g/mol. The quantitative estimate of drug-likeness (QED) is 0.183. The monoisotopic (exact) mass is 397 g/mol. The van der Waals surface area contributed by atoms with Crippen LogP contribution in [0.3, 0.4) is 0 Å². The van der Waals surface area contributed by atoms with Crippen molar-refractivity contribution in [2.24, 2.45) is 0 Å². The van der Waals surface area contributed by atoms with Crippen LogP contribution in [0.1, 0.15) is 117 Å². The number of hydrogen-bond donors (Lipinski definition) is 3. The van der Waals surface area contributed by atoms with Gasteiger partial charge in [-0.1, -0.05) is 103 Å². The Labute approximate surface area is 174 Å². The Balaban J connectivity index is 3.66. The van der Waals surface area contributed by atoms with Crippen LogP contribution in [0.2, 0.25) is 0 Å². The standard InChI is InChI=1S/C24H47NO3/c1-3-5-7-8-9-10-11-12-13-14-15-16-18-19-23(27)22(21-26)25-24(28)20-17-6-4-2/h18-19,22-23,26-27H,3-17,20-21H2,1-2H3,(H,25,28)/b19-18+/t22-,23-/m0/s1. The molecule has 0 rings (SSSR count). The number of amides is 1. The van der Waals surface area contributed by atoms with Crippen LogP contribution in [0.25, 0.3) is 0 Å². The average Bonchev–Trinajstić information content (AvgIpc) is 2.69. The van der Waals surface area contributed by atoms with Crippen LogP contribution in [0.4, 0.5) is 0 Å². The van der Waals surface area contributed by atoms with Gasteiger partial charge in [-0.25, -0.2) is 0 Å². The smallest absolute Gasteiger partial charge is 0.220 e. The molecule has 0 saturated heterocycles. The van der Waals surface area contributed by atoms with Crippen LogP contribution in [-0.4, -0.2) is 34.9 Å². The minimum atomic E-state index is -0.826. The number of carbonyl (C=O) groups excluding carboxylic acids is 1. The summed E-state index contributed by atoms with van der Waals surface area (Å²) in [6.07, 6.45) is 21.8. The summed E-state index contributed by atoms with van der Waals surface area (Å²) in [6.45, 7) is 4.11. The lowest BCUT2D eigenvalue weighted by Gasteiger charge is -2.19. The third kappa shape index (κ3) is 17.2. The Morgan fingerprint density at radius 1 is 0.821 bits per heavy atom. The lowest BCUT2D eigenvalue weighted by atomic mass is 10.0. The van der Waals surface area contributed by atoms with Crippen molar-refractivity contribution in [2.45, 2.75) is 129 Å². The van der Waals surface area contributed by atoms with Crippen molar-refractivity contribution < 1.29 is 15.0 Å². The lowest BCUT2D eigenvalue weighted by Crippen LogP contribution is -2.45. The van der Waals surface area contributed by atoms with Crippen LogP contribution >= 0.6 is 0 Å². The van der Waals surface area contributed by atoms with E-state index in [4.69, 9.17) is 0 Å². The molecule has 0 aliphatic carbocycles. The van der Waals surface area contributed by atoms with Crippen molar-refractivity contribution >= 4 is 5.91 Å². The van der Waals surface area contributed by atoms with E-state index in [1.54, 1.807) is 6.08 Å². The molecule has 3 N–H and O–H groups in total. The summed E-state index contributed by atoms with van der Waals surface area (Å²) in [5.74, 6) is -0.0923. The Bertz CT molecular complexity index is 371. The van der Waals surface area contributed by atoms with E-state index in [0.717, 1.165) is 32.1 Å². The van der Waals surface area contributed by atoms with Gasteiger partial charge in [0.2, 0.25) is 5.91 Å². The fourth-order valence-corrected chi connectivity index (χ4v) is 3.35. The van der Waals surface area contributed by atoms with Gasteiger partial charge >= 0.3 is 0 Å². The molecular formula is C24H47NO3.